The van der Waals surface area contributed by atoms with Gasteiger partial charge in [-0.05, 0) is 48.9 Å². The summed E-state index contributed by atoms with van der Waals surface area (Å²) in [6, 6.07) is 13.7. The molecule has 0 saturated carbocycles. The third-order valence-electron chi connectivity index (χ3n) is 3.74. The summed E-state index contributed by atoms with van der Waals surface area (Å²) in [5.41, 5.74) is 1.28. The molecule has 0 fully saturated rings. The predicted molar refractivity (Wildman–Crippen MR) is 95.6 cm³/mol. The average Bonchev–Trinajstić information content (AvgIpc) is 3.10. The van der Waals surface area contributed by atoms with Crippen molar-refractivity contribution < 1.29 is 12.8 Å². The number of sulfonamides is 1. The molecule has 0 saturated heterocycles. The Hall–Kier alpha value is -2.15. The smallest absolute Gasteiger partial charge is 0.244 e. The molecule has 2 heterocycles. The van der Waals surface area contributed by atoms with Crippen LogP contribution in [0.25, 0.3) is 0 Å². The molecule has 0 spiro atoms. The zero-order chi connectivity index (χ0) is 17.9. The second-order valence-corrected chi connectivity index (χ2v) is 7.93. The minimum atomic E-state index is -3.78. The third-order valence-corrected chi connectivity index (χ3v) is 5.91. The van der Waals surface area contributed by atoms with Crippen molar-refractivity contribution in [2.45, 2.75) is 24.9 Å². The summed E-state index contributed by atoms with van der Waals surface area (Å²) >= 11 is 6.02. The minimum Gasteiger partial charge on any atom is -0.468 e. The Labute approximate surface area is 151 Å². The molecule has 0 bridgehead atoms. The van der Waals surface area contributed by atoms with Crippen LogP contribution in [0.2, 0.25) is 5.02 Å². The van der Waals surface area contributed by atoms with Gasteiger partial charge in [0.25, 0.3) is 0 Å². The van der Waals surface area contributed by atoms with Crippen LogP contribution in [0.1, 0.15) is 17.0 Å². The molecule has 2 aromatic heterocycles. The van der Waals surface area contributed by atoms with Crippen LogP contribution in [0.15, 0.2) is 70.3 Å². The molecule has 0 radical (unpaired) electrons. The monoisotopic (exact) mass is 376 g/mol. The lowest BCUT2D eigenvalue weighted by Gasteiger charge is -2.22. The summed E-state index contributed by atoms with van der Waals surface area (Å²) in [5, 5.41) is 0.375. The van der Waals surface area contributed by atoms with E-state index >= 15 is 0 Å². The van der Waals surface area contributed by atoms with Crippen LogP contribution in [0, 0.1) is 6.92 Å². The SMILES string of the molecule is Cc1ccc(Cl)cc1S(=O)(=O)N(Cc1ccccn1)Cc1ccco1. The van der Waals surface area contributed by atoms with Crippen LogP contribution < -0.4 is 0 Å². The lowest BCUT2D eigenvalue weighted by molar-refractivity contribution is 0.355. The average molecular weight is 377 g/mol. The maximum atomic E-state index is 13.2. The van der Waals surface area contributed by atoms with Crippen LogP contribution in [0.3, 0.4) is 0 Å². The molecule has 0 aliphatic heterocycles. The molecule has 3 rings (SSSR count). The molecule has 0 aliphatic carbocycles. The fourth-order valence-electron chi connectivity index (χ4n) is 2.47. The summed E-state index contributed by atoms with van der Waals surface area (Å²) in [7, 11) is -3.78. The van der Waals surface area contributed by atoms with Crippen LogP contribution in [0.5, 0.6) is 0 Å². The Morgan fingerprint density at radius 2 is 1.96 bits per heavy atom. The molecule has 0 aliphatic rings. The lowest BCUT2D eigenvalue weighted by atomic mass is 10.2. The van der Waals surface area contributed by atoms with E-state index in [2.05, 4.69) is 4.98 Å². The Balaban J connectivity index is 2.01. The van der Waals surface area contributed by atoms with Crippen LogP contribution in [-0.4, -0.2) is 17.7 Å². The van der Waals surface area contributed by atoms with Crippen molar-refractivity contribution in [3.05, 3.63) is 83.0 Å². The van der Waals surface area contributed by atoms with Crippen molar-refractivity contribution in [1.29, 1.82) is 0 Å². The van der Waals surface area contributed by atoms with Gasteiger partial charge in [0.2, 0.25) is 10.0 Å². The number of rotatable bonds is 6. The number of nitrogens with zero attached hydrogens (tertiary/aromatic N) is 2. The summed E-state index contributed by atoms with van der Waals surface area (Å²) in [6.45, 7) is 1.99. The van der Waals surface area contributed by atoms with E-state index in [1.165, 1.54) is 16.6 Å². The van der Waals surface area contributed by atoms with Gasteiger partial charge in [0.1, 0.15) is 5.76 Å². The maximum absolute atomic E-state index is 13.2. The molecular weight excluding hydrogens is 360 g/mol. The van der Waals surface area contributed by atoms with Gasteiger partial charge in [-0.3, -0.25) is 4.98 Å². The molecular formula is C18H17ClN2O3S. The highest BCUT2D eigenvalue weighted by Gasteiger charge is 2.28. The highest BCUT2D eigenvalue weighted by Crippen LogP contribution is 2.26. The summed E-state index contributed by atoms with van der Waals surface area (Å²) in [5.74, 6) is 0.555. The predicted octanol–water partition coefficient (Wildman–Crippen LogP) is 4.03. The van der Waals surface area contributed by atoms with Gasteiger partial charge in [-0.2, -0.15) is 4.31 Å². The van der Waals surface area contributed by atoms with Crippen molar-refractivity contribution in [2.75, 3.05) is 0 Å². The molecule has 1 aromatic carbocycles. The normalized spacial score (nSPS) is 11.8. The number of hydrogen-bond acceptors (Lipinski definition) is 4. The third kappa shape index (κ3) is 4.10. The van der Waals surface area contributed by atoms with E-state index in [0.29, 0.717) is 22.0 Å². The first-order chi connectivity index (χ1) is 12.0. The van der Waals surface area contributed by atoms with Crippen molar-refractivity contribution in [2.24, 2.45) is 0 Å². The molecule has 0 N–H and O–H groups in total. The molecule has 7 heteroatoms. The molecule has 130 valence electrons. The van der Waals surface area contributed by atoms with Crippen LogP contribution >= 0.6 is 11.6 Å². The van der Waals surface area contributed by atoms with E-state index in [1.54, 1.807) is 49.5 Å². The highest BCUT2D eigenvalue weighted by atomic mass is 35.5. The summed E-state index contributed by atoms with van der Waals surface area (Å²) < 4.78 is 33.1. The number of hydrogen-bond donors (Lipinski definition) is 0. The first kappa shape index (κ1) is 17.7. The van der Waals surface area contributed by atoms with E-state index in [-0.39, 0.29) is 18.0 Å². The lowest BCUT2D eigenvalue weighted by Crippen LogP contribution is -2.31. The first-order valence-electron chi connectivity index (χ1n) is 7.65. The van der Waals surface area contributed by atoms with Gasteiger partial charge in [0, 0.05) is 11.2 Å². The topological polar surface area (TPSA) is 63.4 Å². The zero-order valence-electron chi connectivity index (χ0n) is 13.6. The molecule has 5 nitrogen and oxygen atoms in total. The van der Waals surface area contributed by atoms with Gasteiger partial charge < -0.3 is 4.42 Å². The van der Waals surface area contributed by atoms with E-state index in [1.807, 2.05) is 6.07 Å². The van der Waals surface area contributed by atoms with E-state index < -0.39 is 10.0 Å². The Morgan fingerprint density at radius 1 is 1.12 bits per heavy atom. The van der Waals surface area contributed by atoms with Crippen LogP contribution in [0.4, 0.5) is 0 Å². The van der Waals surface area contributed by atoms with Crippen molar-refractivity contribution in [3.8, 4) is 0 Å². The van der Waals surface area contributed by atoms with Crippen molar-refractivity contribution in [3.63, 3.8) is 0 Å². The molecule has 0 atom stereocenters. The van der Waals surface area contributed by atoms with Gasteiger partial charge in [0.15, 0.2) is 0 Å². The van der Waals surface area contributed by atoms with Crippen molar-refractivity contribution >= 4 is 21.6 Å². The number of aryl methyl sites for hydroxylation is 1. The van der Waals surface area contributed by atoms with Gasteiger partial charge in [0.05, 0.1) is 29.9 Å². The number of aromatic nitrogens is 1. The fraction of sp³-hybridized carbons (Fsp3) is 0.167. The maximum Gasteiger partial charge on any atom is 0.244 e. The quantitative estimate of drug-likeness (QED) is 0.651. The molecule has 0 amide bonds. The standard InChI is InChI=1S/C18H17ClN2O3S/c1-14-7-8-15(19)11-18(14)25(22,23)21(13-17-6-4-10-24-17)12-16-5-2-3-9-20-16/h2-11H,12-13H2,1H3. The molecule has 0 unspecified atom stereocenters. The minimum absolute atomic E-state index is 0.109. The molecule has 3 aromatic rings. The van der Waals surface area contributed by atoms with E-state index in [4.69, 9.17) is 16.0 Å². The number of benzene rings is 1. The second kappa shape index (κ2) is 7.39. The Morgan fingerprint density at radius 3 is 2.64 bits per heavy atom. The van der Waals surface area contributed by atoms with Crippen molar-refractivity contribution in [1.82, 2.24) is 9.29 Å². The zero-order valence-corrected chi connectivity index (χ0v) is 15.2. The van der Waals surface area contributed by atoms with Gasteiger partial charge in [-0.1, -0.05) is 23.7 Å². The van der Waals surface area contributed by atoms with Gasteiger partial charge in [-0.15, -0.1) is 0 Å². The Bertz CT molecular complexity index is 942. The van der Waals surface area contributed by atoms with E-state index in [9.17, 15) is 8.42 Å². The number of furan rings is 1. The second-order valence-electron chi connectivity index (χ2n) is 5.58. The van der Waals surface area contributed by atoms with E-state index in [0.717, 1.165) is 0 Å². The Kier molecular flexibility index (Phi) is 5.22. The molecule has 25 heavy (non-hydrogen) atoms. The largest absolute Gasteiger partial charge is 0.468 e. The summed E-state index contributed by atoms with van der Waals surface area (Å²) in [6.07, 6.45) is 3.16. The van der Waals surface area contributed by atoms with Gasteiger partial charge >= 0.3 is 0 Å². The van der Waals surface area contributed by atoms with Gasteiger partial charge in [-0.25, -0.2) is 8.42 Å². The number of halogens is 1. The number of pyridine rings is 1. The highest BCUT2D eigenvalue weighted by molar-refractivity contribution is 7.89. The fourth-order valence-corrected chi connectivity index (χ4v) is 4.33. The summed E-state index contributed by atoms with van der Waals surface area (Å²) in [4.78, 5) is 4.42. The first-order valence-corrected chi connectivity index (χ1v) is 9.47. The van der Waals surface area contributed by atoms with Crippen LogP contribution in [-0.2, 0) is 23.1 Å².